The highest BCUT2D eigenvalue weighted by Gasteiger charge is 2.36. The smallest absolute Gasteiger partial charge is 0.402 e. The Morgan fingerprint density at radius 1 is 0.870 bits per heavy atom. The van der Waals surface area contributed by atoms with Crippen LogP contribution in [0.15, 0.2) is 11.8 Å². The molecule has 4 nitrogen and oxygen atoms in total. The average Bonchev–Trinajstić information content (AvgIpc) is 2.55. The fourth-order valence-corrected chi connectivity index (χ4v) is 4.40. The van der Waals surface area contributed by atoms with E-state index in [1.165, 1.54) is 38.5 Å². The maximum atomic E-state index is 6.01. The predicted octanol–water partition coefficient (Wildman–Crippen LogP) is 4.87. The number of hydrogen-bond donors (Lipinski definition) is 1. The second kappa shape index (κ2) is 14.0. The first kappa shape index (κ1) is 22.6. The molecule has 0 aromatic carbocycles. The molecule has 0 unspecified atom stereocenters. The second-order valence-corrected chi connectivity index (χ2v) is 9.77. The van der Waals surface area contributed by atoms with Crippen LogP contribution in [0.4, 0.5) is 0 Å². The van der Waals surface area contributed by atoms with Crippen molar-refractivity contribution in [3.05, 3.63) is 11.8 Å². The fourth-order valence-electron chi connectivity index (χ4n) is 2.60. The SMILES string of the molecule is CO[Si](CCCCCCCCCC(N)=CCC(C)C)(OC)OC. The van der Waals surface area contributed by atoms with Crippen molar-refractivity contribution in [3.8, 4) is 0 Å². The first-order valence-corrected chi connectivity index (χ1v) is 11.0. The zero-order valence-electron chi connectivity index (χ0n) is 16.0. The van der Waals surface area contributed by atoms with Crippen molar-refractivity contribution < 1.29 is 13.3 Å². The highest BCUT2D eigenvalue weighted by Crippen LogP contribution is 2.18. The van der Waals surface area contributed by atoms with Gasteiger partial charge in [-0.1, -0.05) is 52.0 Å². The maximum Gasteiger partial charge on any atom is 0.500 e. The monoisotopic (exact) mass is 345 g/mol. The first-order valence-electron chi connectivity index (χ1n) is 9.09. The third-order valence-electron chi connectivity index (χ3n) is 4.23. The summed E-state index contributed by atoms with van der Waals surface area (Å²) in [6.07, 6.45) is 13.1. The molecule has 2 N–H and O–H groups in total. The number of hydrogen-bond acceptors (Lipinski definition) is 4. The van der Waals surface area contributed by atoms with Crippen LogP contribution in [-0.2, 0) is 13.3 Å². The van der Waals surface area contributed by atoms with Crippen molar-refractivity contribution in [2.24, 2.45) is 11.7 Å². The summed E-state index contributed by atoms with van der Waals surface area (Å²) in [5.41, 5.74) is 7.08. The molecule has 0 rings (SSSR count). The molecular weight excluding hydrogens is 306 g/mol. The van der Waals surface area contributed by atoms with E-state index in [9.17, 15) is 0 Å². The average molecular weight is 346 g/mol. The Kier molecular flexibility index (Phi) is 13.8. The molecule has 0 aromatic rings. The minimum Gasteiger partial charge on any atom is -0.402 e. The van der Waals surface area contributed by atoms with Crippen LogP contribution in [-0.4, -0.2) is 30.1 Å². The molecule has 0 aliphatic rings. The van der Waals surface area contributed by atoms with Gasteiger partial charge in [0.15, 0.2) is 0 Å². The standard InChI is InChI=1S/C18H39NO3Si/c1-17(2)14-15-18(19)13-11-9-7-6-8-10-12-16-23(20-3,21-4)22-5/h15,17H,6-14,16,19H2,1-5H3. The van der Waals surface area contributed by atoms with Gasteiger partial charge in [-0.05, 0) is 31.6 Å². The lowest BCUT2D eigenvalue weighted by Gasteiger charge is -2.24. The van der Waals surface area contributed by atoms with E-state index in [-0.39, 0.29) is 0 Å². The van der Waals surface area contributed by atoms with E-state index in [4.69, 9.17) is 19.0 Å². The second-order valence-electron chi connectivity index (χ2n) is 6.68. The van der Waals surface area contributed by atoms with E-state index in [1.807, 2.05) is 0 Å². The summed E-state index contributed by atoms with van der Waals surface area (Å²) in [7, 11) is 2.70. The molecule has 0 heterocycles. The third kappa shape index (κ3) is 11.8. The molecule has 0 aliphatic heterocycles. The van der Waals surface area contributed by atoms with Gasteiger partial charge in [0.2, 0.25) is 0 Å². The number of allylic oxidation sites excluding steroid dienone is 2. The maximum absolute atomic E-state index is 6.01. The van der Waals surface area contributed by atoms with Crippen molar-refractivity contribution >= 4 is 8.80 Å². The quantitative estimate of drug-likeness (QED) is 0.340. The van der Waals surface area contributed by atoms with Gasteiger partial charge < -0.3 is 19.0 Å². The van der Waals surface area contributed by atoms with Crippen LogP contribution in [0.3, 0.4) is 0 Å². The summed E-state index contributed by atoms with van der Waals surface area (Å²) >= 11 is 0. The van der Waals surface area contributed by atoms with E-state index in [2.05, 4.69) is 19.9 Å². The van der Waals surface area contributed by atoms with E-state index in [0.29, 0.717) is 5.92 Å². The molecule has 0 saturated heterocycles. The largest absolute Gasteiger partial charge is 0.500 e. The van der Waals surface area contributed by atoms with Crippen molar-refractivity contribution in [1.29, 1.82) is 0 Å². The van der Waals surface area contributed by atoms with E-state index < -0.39 is 8.80 Å². The molecule has 0 saturated carbocycles. The van der Waals surface area contributed by atoms with Gasteiger partial charge >= 0.3 is 8.80 Å². The van der Waals surface area contributed by atoms with Crippen molar-refractivity contribution in [2.75, 3.05) is 21.3 Å². The molecule has 0 aliphatic carbocycles. The Morgan fingerprint density at radius 2 is 1.35 bits per heavy atom. The summed E-state index contributed by atoms with van der Waals surface area (Å²) in [6, 6.07) is 0.910. The zero-order chi connectivity index (χ0) is 17.6. The van der Waals surface area contributed by atoms with Crippen molar-refractivity contribution in [1.82, 2.24) is 0 Å². The lowest BCUT2D eigenvalue weighted by Crippen LogP contribution is -2.42. The van der Waals surface area contributed by atoms with Gasteiger partial charge in [0.25, 0.3) is 0 Å². The highest BCUT2D eigenvalue weighted by atomic mass is 28.4. The van der Waals surface area contributed by atoms with Crippen LogP contribution >= 0.6 is 0 Å². The van der Waals surface area contributed by atoms with E-state index in [0.717, 1.165) is 31.0 Å². The molecule has 0 fully saturated rings. The molecule has 0 amide bonds. The molecule has 0 radical (unpaired) electrons. The Hall–Kier alpha value is -0.363. The fraction of sp³-hybridized carbons (Fsp3) is 0.889. The predicted molar refractivity (Wildman–Crippen MR) is 100 cm³/mol. The Bertz CT molecular complexity index is 296. The summed E-state index contributed by atoms with van der Waals surface area (Å²) in [5.74, 6) is 0.699. The van der Waals surface area contributed by atoms with Gasteiger partial charge in [-0.2, -0.15) is 0 Å². The van der Waals surface area contributed by atoms with Crippen LogP contribution in [0.25, 0.3) is 0 Å². The summed E-state index contributed by atoms with van der Waals surface area (Å²) < 4.78 is 16.3. The number of unbranched alkanes of at least 4 members (excludes halogenated alkanes) is 6. The molecule has 5 heteroatoms. The van der Waals surface area contributed by atoms with E-state index >= 15 is 0 Å². The van der Waals surface area contributed by atoms with Crippen LogP contribution in [0.5, 0.6) is 0 Å². The molecule has 0 bridgehead atoms. The highest BCUT2D eigenvalue weighted by molar-refractivity contribution is 6.60. The molecular formula is C18H39NO3Si. The molecule has 0 atom stereocenters. The Labute approximate surface area is 145 Å². The summed E-state index contributed by atoms with van der Waals surface area (Å²) in [6.45, 7) is 4.45. The number of nitrogens with two attached hydrogens (primary N) is 1. The van der Waals surface area contributed by atoms with Gasteiger partial charge in [-0.25, -0.2) is 0 Å². The van der Waals surface area contributed by atoms with E-state index in [1.54, 1.807) is 21.3 Å². The molecule has 0 spiro atoms. The molecule has 23 heavy (non-hydrogen) atoms. The van der Waals surface area contributed by atoms with Gasteiger partial charge in [-0.3, -0.25) is 0 Å². The Morgan fingerprint density at radius 3 is 1.83 bits per heavy atom. The topological polar surface area (TPSA) is 53.7 Å². The lowest BCUT2D eigenvalue weighted by atomic mass is 10.1. The third-order valence-corrected chi connectivity index (χ3v) is 7.06. The van der Waals surface area contributed by atoms with Gasteiger partial charge in [-0.15, -0.1) is 0 Å². The molecule has 138 valence electrons. The van der Waals surface area contributed by atoms with Gasteiger partial charge in [0, 0.05) is 33.1 Å². The Balaban J connectivity index is 3.52. The lowest BCUT2D eigenvalue weighted by molar-refractivity contribution is 0.122. The first-order chi connectivity index (χ1) is 11.0. The van der Waals surface area contributed by atoms with Crippen LogP contribution in [0.1, 0.15) is 71.6 Å². The van der Waals surface area contributed by atoms with Crippen LogP contribution in [0.2, 0.25) is 6.04 Å². The van der Waals surface area contributed by atoms with Crippen molar-refractivity contribution in [2.45, 2.75) is 77.7 Å². The number of rotatable bonds is 15. The minimum atomic E-state index is -2.35. The molecule has 0 aromatic heterocycles. The van der Waals surface area contributed by atoms with Gasteiger partial charge in [0.1, 0.15) is 0 Å². The summed E-state index contributed by atoms with van der Waals surface area (Å²) in [4.78, 5) is 0. The summed E-state index contributed by atoms with van der Waals surface area (Å²) in [5, 5.41) is 0. The minimum absolute atomic E-state index is 0.699. The normalized spacial score (nSPS) is 13.0. The van der Waals surface area contributed by atoms with Crippen LogP contribution in [0, 0.1) is 5.92 Å². The van der Waals surface area contributed by atoms with Crippen molar-refractivity contribution in [3.63, 3.8) is 0 Å². The zero-order valence-corrected chi connectivity index (χ0v) is 17.0. The van der Waals surface area contributed by atoms with Gasteiger partial charge in [0.05, 0.1) is 0 Å². The van der Waals surface area contributed by atoms with Crippen LogP contribution < -0.4 is 5.73 Å².